The molecule has 0 bridgehead atoms. The van der Waals surface area contributed by atoms with E-state index >= 15 is 0 Å². The Kier molecular flexibility index (Phi) is 4.64. The van der Waals surface area contributed by atoms with Gasteiger partial charge in [-0.15, -0.1) is 0 Å². The maximum Gasteiger partial charge on any atom is 0.330 e. The van der Waals surface area contributed by atoms with Crippen LogP contribution in [0, 0.1) is 0 Å². The van der Waals surface area contributed by atoms with E-state index in [-0.39, 0.29) is 5.97 Å². The van der Waals surface area contributed by atoms with Crippen LogP contribution in [0.5, 0.6) is 0 Å². The first-order valence-corrected chi connectivity index (χ1v) is 4.55. The van der Waals surface area contributed by atoms with Gasteiger partial charge in [0, 0.05) is 12.6 Å². The minimum Gasteiger partial charge on any atom is -0.466 e. The molecule has 0 atom stereocenters. The fraction of sp³-hybridized carbons (Fsp3) is 0.182. The van der Waals surface area contributed by atoms with Crippen molar-refractivity contribution in [2.24, 2.45) is 0 Å². The van der Waals surface area contributed by atoms with Gasteiger partial charge in [-0.25, -0.2) is 4.79 Å². The maximum atomic E-state index is 10.9. The van der Waals surface area contributed by atoms with Crippen molar-refractivity contribution in [2.75, 3.05) is 7.11 Å². The van der Waals surface area contributed by atoms with E-state index in [9.17, 15) is 4.79 Å². The Morgan fingerprint density at radius 3 is 2.93 bits per heavy atom. The van der Waals surface area contributed by atoms with E-state index in [4.69, 9.17) is 7.98 Å². The van der Waals surface area contributed by atoms with Gasteiger partial charge in [0.05, 0.1) is 7.11 Å². The molecule has 15 heavy (non-hydrogen) atoms. The molecular weight excluding hydrogens is 189 g/mol. The number of hydrogen-bond donors (Lipinski definition) is 1. The fourth-order valence-corrected chi connectivity index (χ4v) is 1.19. The molecule has 1 aromatic carbocycles. The van der Waals surface area contributed by atoms with Crippen LogP contribution in [-0.2, 0) is 16.1 Å². The predicted molar refractivity (Wildman–Crippen MR) is 60.1 cm³/mol. The second-order valence-corrected chi connectivity index (χ2v) is 2.94. The van der Waals surface area contributed by atoms with Crippen molar-refractivity contribution < 1.29 is 9.53 Å². The lowest BCUT2D eigenvalue weighted by atomic mass is 10.1. The number of esters is 1. The van der Waals surface area contributed by atoms with Crippen molar-refractivity contribution in [3.05, 3.63) is 41.5 Å². The number of hydrogen-bond acceptors (Lipinski definition) is 3. The average molecular weight is 201 g/mol. The van der Waals surface area contributed by atoms with E-state index < -0.39 is 0 Å². The summed E-state index contributed by atoms with van der Waals surface area (Å²) in [6.45, 7) is 0.557. The topological polar surface area (TPSA) is 38.3 Å². The Balaban J connectivity index is 2.83. The molecule has 1 aromatic rings. The number of carbonyl (C=O) groups is 1. The van der Waals surface area contributed by atoms with Gasteiger partial charge >= 0.3 is 5.97 Å². The lowest BCUT2D eigenvalue weighted by Gasteiger charge is -2.04. The van der Waals surface area contributed by atoms with E-state index in [1.54, 1.807) is 6.08 Å². The number of carbonyl (C=O) groups excluding carboxylic acids is 1. The molecule has 1 rings (SSSR count). The Labute approximate surface area is 90.6 Å². The number of nitrogens with one attached hydrogen (secondary N) is 1. The SMILES string of the molecule is [B]NCc1ccccc1/C=C/C(=O)OC. The molecule has 0 fully saturated rings. The minimum absolute atomic E-state index is 0.370. The highest BCUT2D eigenvalue weighted by Gasteiger charge is 1.97. The summed E-state index contributed by atoms with van der Waals surface area (Å²) in [6.07, 6.45) is 3.09. The summed E-state index contributed by atoms with van der Waals surface area (Å²) in [5.74, 6) is -0.370. The van der Waals surface area contributed by atoms with Gasteiger partial charge in [0.25, 0.3) is 0 Å². The summed E-state index contributed by atoms with van der Waals surface area (Å²) in [5.41, 5.74) is 1.97. The molecule has 0 spiro atoms. The monoisotopic (exact) mass is 201 g/mol. The fourth-order valence-electron chi connectivity index (χ4n) is 1.19. The Morgan fingerprint density at radius 2 is 2.27 bits per heavy atom. The Morgan fingerprint density at radius 1 is 1.53 bits per heavy atom. The third kappa shape index (κ3) is 3.60. The summed E-state index contributed by atoms with van der Waals surface area (Å²) < 4.78 is 4.51. The average Bonchev–Trinajstić information content (AvgIpc) is 2.28. The molecule has 4 heteroatoms. The summed E-state index contributed by atoms with van der Waals surface area (Å²) in [7, 11) is 6.59. The quantitative estimate of drug-likeness (QED) is 0.449. The standard InChI is InChI=1S/C11H12BNO2/c1-15-11(14)7-6-9-4-2-3-5-10(9)8-13-12/h2-7,13H,8H2,1H3/b7-6+. The van der Waals surface area contributed by atoms with Crippen molar-refractivity contribution in [1.29, 1.82) is 0 Å². The zero-order chi connectivity index (χ0) is 11.1. The first-order valence-electron chi connectivity index (χ1n) is 4.55. The van der Waals surface area contributed by atoms with Crippen molar-refractivity contribution in [1.82, 2.24) is 5.23 Å². The molecule has 0 aliphatic heterocycles. The lowest BCUT2D eigenvalue weighted by Crippen LogP contribution is -2.08. The number of methoxy groups -OCH3 is 1. The van der Waals surface area contributed by atoms with Gasteiger partial charge in [-0.3, -0.25) is 0 Å². The maximum absolute atomic E-state index is 10.9. The van der Waals surface area contributed by atoms with Crippen molar-refractivity contribution in [3.63, 3.8) is 0 Å². The molecule has 2 radical (unpaired) electrons. The molecular formula is C11H12BNO2. The van der Waals surface area contributed by atoms with E-state index in [0.717, 1.165) is 11.1 Å². The summed E-state index contributed by atoms with van der Waals surface area (Å²) in [6, 6.07) is 7.67. The van der Waals surface area contributed by atoms with E-state index in [2.05, 4.69) is 9.96 Å². The smallest absolute Gasteiger partial charge is 0.330 e. The molecule has 0 aliphatic carbocycles. The molecule has 0 heterocycles. The molecule has 0 unspecified atom stereocenters. The third-order valence-corrected chi connectivity index (χ3v) is 1.95. The van der Waals surface area contributed by atoms with Crippen LogP contribution in [0.1, 0.15) is 11.1 Å². The first kappa shape index (κ1) is 11.5. The summed E-state index contributed by atoms with van der Waals surface area (Å²) in [5, 5.41) is 2.58. The lowest BCUT2D eigenvalue weighted by molar-refractivity contribution is -0.134. The zero-order valence-electron chi connectivity index (χ0n) is 8.57. The van der Waals surface area contributed by atoms with Crippen LogP contribution in [0.4, 0.5) is 0 Å². The van der Waals surface area contributed by atoms with E-state index in [1.807, 2.05) is 24.3 Å². The van der Waals surface area contributed by atoms with Gasteiger partial charge < -0.3 is 9.96 Å². The van der Waals surface area contributed by atoms with Gasteiger partial charge in [-0.05, 0) is 17.2 Å². The normalized spacial score (nSPS) is 10.5. The largest absolute Gasteiger partial charge is 0.466 e. The van der Waals surface area contributed by atoms with Crippen molar-refractivity contribution >= 4 is 20.0 Å². The van der Waals surface area contributed by atoms with Crippen LogP contribution in [0.15, 0.2) is 30.3 Å². The molecule has 3 nitrogen and oxygen atoms in total. The van der Waals surface area contributed by atoms with E-state index in [1.165, 1.54) is 13.2 Å². The molecule has 1 N–H and O–H groups in total. The molecule has 76 valence electrons. The molecule has 0 amide bonds. The second kappa shape index (κ2) is 6.04. The zero-order valence-corrected chi connectivity index (χ0v) is 8.57. The Bertz CT molecular complexity index is 363. The van der Waals surface area contributed by atoms with Crippen molar-refractivity contribution in [3.8, 4) is 0 Å². The minimum atomic E-state index is -0.370. The summed E-state index contributed by atoms with van der Waals surface area (Å²) >= 11 is 0. The van der Waals surface area contributed by atoms with Crippen LogP contribution < -0.4 is 5.23 Å². The van der Waals surface area contributed by atoms with E-state index in [0.29, 0.717) is 6.54 Å². The highest BCUT2D eigenvalue weighted by atomic mass is 16.5. The van der Waals surface area contributed by atoms with Crippen LogP contribution in [-0.4, -0.2) is 21.1 Å². The molecule has 0 aromatic heterocycles. The molecule has 0 saturated heterocycles. The van der Waals surface area contributed by atoms with Gasteiger partial charge in [0.2, 0.25) is 0 Å². The number of benzene rings is 1. The molecule has 0 aliphatic rings. The number of ether oxygens (including phenoxy) is 1. The van der Waals surface area contributed by atoms with Gasteiger partial charge in [-0.1, -0.05) is 24.3 Å². The molecule has 0 saturated carbocycles. The van der Waals surface area contributed by atoms with Crippen molar-refractivity contribution in [2.45, 2.75) is 6.54 Å². The Hall–Kier alpha value is -1.55. The van der Waals surface area contributed by atoms with Crippen LogP contribution in [0.25, 0.3) is 6.08 Å². The first-order chi connectivity index (χ1) is 7.27. The van der Waals surface area contributed by atoms with Crippen LogP contribution in [0.2, 0.25) is 0 Å². The predicted octanol–water partition coefficient (Wildman–Crippen LogP) is 1.05. The van der Waals surface area contributed by atoms with Crippen LogP contribution >= 0.6 is 0 Å². The second-order valence-electron chi connectivity index (χ2n) is 2.94. The van der Waals surface area contributed by atoms with Crippen LogP contribution in [0.3, 0.4) is 0 Å². The van der Waals surface area contributed by atoms with Gasteiger partial charge in [0.15, 0.2) is 7.98 Å². The highest BCUT2D eigenvalue weighted by Crippen LogP contribution is 2.10. The van der Waals surface area contributed by atoms with Gasteiger partial charge in [0.1, 0.15) is 0 Å². The third-order valence-electron chi connectivity index (χ3n) is 1.95. The number of rotatable bonds is 4. The van der Waals surface area contributed by atoms with Gasteiger partial charge in [-0.2, -0.15) is 0 Å². The summed E-state index contributed by atoms with van der Waals surface area (Å²) in [4.78, 5) is 10.9. The highest BCUT2D eigenvalue weighted by molar-refractivity contribution is 6.04.